The van der Waals surface area contributed by atoms with Gasteiger partial charge >= 0.3 is 5.97 Å². The Balaban J connectivity index is 2.31. The van der Waals surface area contributed by atoms with Crippen LogP contribution in [0.4, 0.5) is 19.5 Å². The molecule has 27 heavy (non-hydrogen) atoms. The number of benzene rings is 1. The molecule has 1 aromatic carbocycles. The Bertz CT molecular complexity index is 913. The van der Waals surface area contributed by atoms with Gasteiger partial charge in [-0.1, -0.05) is 0 Å². The van der Waals surface area contributed by atoms with Crippen molar-refractivity contribution in [1.29, 1.82) is 0 Å². The van der Waals surface area contributed by atoms with Crippen molar-refractivity contribution in [2.45, 2.75) is 6.92 Å². The molecule has 0 aliphatic heterocycles. The Kier molecular flexibility index (Phi) is 6.45. The van der Waals surface area contributed by atoms with E-state index in [4.69, 9.17) is 17.0 Å². The van der Waals surface area contributed by atoms with Crippen LogP contribution in [0.5, 0.6) is 0 Å². The lowest BCUT2D eigenvalue weighted by molar-refractivity contribution is 0.0601. The van der Waals surface area contributed by atoms with Crippen LogP contribution in [0.1, 0.15) is 25.6 Å². The second-order valence-electron chi connectivity index (χ2n) is 5.66. The molecule has 0 unspecified atom stereocenters. The first-order valence-corrected chi connectivity index (χ1v) is 8.84. The van der Waals surface area contributed by atoms with E-state index in [2.05, 4.69) is 10.6 Å². The zero-order valence-corrected chi connectivity index (χ0v) is 16.6. The third kappa shape index (κ3) is 4.58. The van der Waals surface area contributed by atoms with Crippen LogP contribution in [-0.4, -0.2) is 43.1 Å². The molecule has 0 saturated carbocycles. The molecule has 0 radical (unpaired) electrons. The number of carbonyl (C=O) groups excluding carboxylic acids is 2. The number of thiophene rings is 1. The smallest absolute Gasteiger partial charge is 0.341 e. The molecular weight excluding hydrogens is 396 g/mol. The minimum Gasteiger partial charge on any atom is -0.465 e. The van der Waals surface area contributed by atoms with Gasteiger partial charge in [0.05, 0.1) is 17.6 Å². The quantitative estimate of drug-likeness (QED) is 0.589. The summed E-state index contributed by atoms with van der Waals surface area (Å²) in [5.41, 5.74) is 0.870. The number of anilines is 2. The van der Waals surface area contributed by atoms with Crippen molar-refractivity contribution >= 4 is 51.2 Å². The number of rotatable bonds is 4. The van der Waals surface area contributed by atoms with Gasteiger partial charge < -0.3 is 20.3 Å². The molecule has 2 N–H and O–H groups in total. The SMILES string of the molecule is COC(=O)c1c(NC(=S)Nc2ccc(F)c(F)c2)sc(C(=O)N(C)C)c1C. The Labute approximate surface area is 164 Å². The molecule has 0 spiro atoms. The third-order valence-corrected chi connectivity index (χ3v) is 4.94. The van der Waals surface area contributed by atoms with Gasteiger partial charge in [0.2, 0.25) is 0 Å². The van der Waals surface area contributed by atoms with E-state index in [1.54, 1.807) is 21.0 Å². The fraction of sp³-hybridized carbons (Fsp3) is 0.235. The number of amides is 1. The predicted molar refractivity (Wildman–Crippen MR) is 105 cm³/mol. The highest BCUT2D eigenvalue weighted by molar-refractivity contribution is 7.80. The number of carbonyl (C=O) groups is 2. The van der Waals surface area contributed by atoms with Crippen LogP contribution in [-0.2, 0) is 4.74 Å². The molecule has 1 aromatic heterocycles. The minimum absolute atomic E-state index is 0.0382. The van der Waals surface area contributed by atoms with Crippen LogP contribution >= 0.6 is 23.6 Å². The lowest BCUT2D eigenvalue weighted by atomic mass is 10.1. The molecule has 0 aliphatic carbocycles. The van der Waals surface area contributed by atoms with Crippen LogP contribution in [0.25, 0.3) is 0 Å². The number of nitrogens with zero attached hydrogens (tertiary/aromatic N) is 1. The van der Waals surface area contributed by atoms with Crippen molar-refractivity contribution in [1.82, 2.24) is 4.90 Å². The highest BCUT2D eigenvalue weighted by Gasteiger charge is 2.26. The number of nitrogens with one attached hydrogen (secondary N) is 2. The summed E-state index contributed by atoms with van der Waals surface area (Å²) in [4.78, 5) is 26.2. The van der Waals surface area contributed by atoms with Crippen LogP contribution < -0.4 is 10.6 Å². The molecule has 0 atom stereocenters. The monoisotopic (exact) mass is 413 g/mol. The highest BCUT2D eigenvalue weighted by Crippen LogP contribution is 2.34. The van der Waals surface area contributed by atoms with E-state index in [0.29, 0.717) is 15.4 Å². The fourth-order valence-corrected chi connectivity index (χ4v) is 3.70. The first-order chi connectivity index (χ1) is 12.6. The van der Waals surface area contributed by atoms with Crippen LogP contribution in [0.15, 0.2) is 18.2 Å². The number of methoxy groups -OCH3 is 1. The first-order valence-electron chi connectivity index (χ1n) is 7.62. The summed E-state index contributed by atoms with van der Waals surface area (Å²) in [6.45, 7) is 1.64. The molecule has 10 heteroatoms. The third-order valence-electron chi connectivity index (χ3n) is 3.54. The van der Waals surface area contributed by atoms with Crippen LogP contribution in [0, 0.1) is 18.6 Å². The minimum atomic E-state index is -1.02. The van der Waals surface area contributed by atoms with E-state index in [9.17, 15) is 18.4 Å². The number of halogens is 2. The van der Waals surface area contributed by atoms with Crippen molar-refractivity contribution in [3.8, 4) is 0 Å². The van der Waals surface area contributed by atoms with Gasteiger partial charge in [0.15, 0.2) is 16.7 Å². The molecule has 0 bridgehead atoms. The lowest BCUT2D eigenvalue weighted by Gasteiger charge is -2.11. The number of hydrogen-bond acceptors (Lipinski definition) is 5. The zero-order chi connectivity index (χ0) is 20.3. The standard InChI is InChI=1S/C17H17F2N3O3S2/c1-8-12(16(24)25-4)14(27-13(8)15(23)22(2)3)21-17(26)20-9-5-6-10(18)11(19)7-9/h5-7H,1-4H3,(H2,20,21,26). The Morgan fingerprint density at radius 3 is 2.41 bits per heavy atom. The number of esters is 1. The summed E-state index contributed by atoms with van der Waals surface area (Å²) < 4.78 is 31.1. The van der Waals surface area contributed by atoms with Gasteiger partial charge in [-0.05, 0) is 36.8 Å². The zero-order valence-electron chi connectivity index (χ0n) is 15.0. The van der Waals surface area contributed by atoms with E-state index in [-0.39, 0.29) is 22.3 Å². The Hall–Kier alpha value is -2.59. The van der Waals surface area contributed by atoms with Gasteiger partial charge in [-0.3, -0.25) is 4.79 Å². The van der Waals surface area contributed by atoms with E-state index < -0.39 is 17.6 Å². The summed E-state index contributed by atoms with van der Waals surface area (Å²) in [5, 5.41) is 5.86. The van der Waals surface area contributed by atoms with E-state index in [0.717, 1.165) is 23.5 Å². The van der Waals surface area contributed by atoms with Crippen molar-refractivity contribution in [3.05, 3.63) is 45.8 Å². The number of ether oxygens (including phenoxy) is 1. The molecule has 0 aliphatic rings. The maximum Gasteiger partial charge on any atom is 0.341 e. The Morgan fingerprint density at radius 2 is 1.85 bits per heavy atom. The lowest BCUT2D eigenvalue weighted by Crippen LogP contribution is -2.21. The molecule has 144 valence electrons. The second kappa shape index (κ2) is 8.40. The fourth-order valence-electron chi connectivity index (χ4n) is 2.20. The summed E-state index contributed by atoms with van der Waals surface area (Å²) in [6.07, 6.45) is 0. The molecule has 6 nitrogen and oxygen atoms in total. The van der Waals surface area contributed by atoms with Crippen molar-refractivity contribution < 1.29 is 23.1 Å². The molecule has 1 heterocycles. The molecule has 0 saturated heterocycles. The van der Waals surface area contributed by atoms with E-state index >= 15 is 0 Å². The summed E-state index contributed by atoms with van der Waals surface area (Å²) in [6, 6.07) is 3.22. The van der Waals surface area contributed by atoms with Crippen LogP contribution in [0.2, 0.25) is 0 Å². The summed E-state index contributed by atoms with van der Waals surface area (Å²) >= 11 is 6.21. The predicted octanol–water partition coefficient (Wildman–Crippen LogP) is 3.63. The Morgan fingerprint density at radius 1 is 1.19 bits per heavy atom. The van der Waals surface area contributed by atoms with Gasteiger partial charge in [-0.15, -0.1) is 11.3 Å². The topological polar surface area (TPSA) is 70.7 Å². The van der Waals surface area contributed by atoms with Gasteiger partial charge in [-0.25, -0.2) is 13.6 Å². The molecule has 1 amide bonds. The summed E-state index contributed by atoms with van der Waals surface area (Å²) in [5.74, 6) is -2.90. The molecule has 2 aromatic rings. The average Bonchev–Trinajstić information content (AvgIpc) is 2.92. The largest absolute Gasteiger partial charge is 0.465 e. The van der Waals surface area contributed by atoms with Gasteiger partial charge in [0, 0.05) is 25.8 Å². The van der Waals surface area contributed by atoms with Gasteiger partial charge in [-0.2, -0.15) is 0 Å². The molecule has 2 rings (SSSR count). The van der Waals surface area contributed by atoms with Crippen LogP contribution in [0.3, 0.4) is 0 Å². The van der Waals surface area contributed by atoms with Crippen molar-refractivity contribution in [2.75, 3.05) is 31.8 Å². The maximum absolute atomic E-state index is 13.3. The highest BCUT2D eigenvalue weighted by atomic mass is 32.1. The molecule has 0 fully saturated rings. The maximum atomic E-state index is 13.3. The second-order valence-corrected chi connectivity index (χ2v) is 7.09. The first kappa shape index (κ1) is 20.7. The van der Waals surface area contributed by atoms with Gasteiger partial charge in [0.1, 0.15) is 5.00 Å². The van der Waals surface area contributed by atoms with Crippen molar-refractivity contribution in [2.24, 2.45) is 0 Å². The number of thiocarbonyl (C=S) groups is 1. The van der Waals surface area contributed by atoms with E-state index in [1.165, 1.54) is 18.1 Å². The normalized spacial score (nSPS) is 10.3. The van der Waals surface area contributed by atoms with Crippen molar-refractivity contribution in [3.63, 3.8) is 0 Å². The number of hydrogen-bond donors (Lipinski definition) is 2. The summed E-state index contributed by atoms with van der Waals surface area (Å²) in [7, 11) is 4.43. The molecular formula is C17H17F2N3O3S2. The van der Waals surface area contributed by atoms with Gasteiger partial charge in [0.25, 0.3) is 5.91 Å². The average molecular weight is 413 g/mol. The van der Waals surface area contributed by atoms with E-state index in [1.807, 2.05) is 0 Å².